The first-order valence-electron chi connectivity index (χ1n) is 11.8. The zero-order valence-electron chi connectivity index (χ0n) is 19.7. The Morgan fingerprint density at radius 1 is 1.15 bits per heavy atom. The third-order valence-electron chi connectivity index (χ3n) is 6.51. The fraction of sp³-hybridized carbons (Fsp3) is 0.481. The second-order valence-corrected chi connectivity index (χ2v) is 9.96. The van der Waals surface area contributed by atoms with Gasteiger partial charge in [0.2, 0.25) is 0 Å². The lowest BCUT2D eigenvalue weighted by atomic mass is 9.73. The number of nitrogens with zero attached hydrogens (tertiary/aromatic N) is 2. The molecule has 1 fully saturated rings. The summed E-state index contributed by atoms with van der Waals surface area (Å²) in [7, 11) is 0. The third-order valence-corrected chi connectivity index (χ3v) is 6.51. The Balaban J connectivity index is 1.53. The predicted molar refractivity (Wildman–Crippen MR) is 127 cm³/mol. The number of aliphatic hydroxyl groups is 1. The van der Waals surface area contributed by atoms with Gasteiger partial charge in [0.15, 0.2) is 11.6 Å². The van der Waals surface area contributed by atoms with Crippen molar-refractivity contribution < 1.29 is 19.2 Å². The Kier molecular flexibility index (Phi) is 6.63. The van der Waals surface area contributed by atoms with Gasteiger partial charge in [-0.3, -0.25) is 14.6 Å². The van der Waals surface area contributed by atoms with Gasteiger partial charge in [-0.15, -0.1) is 0 Å². The lowest BCUT2D eigenvalue weighted by Gasteiger charge is -2.31. The number of Topliss-reactive ketones (excluding diaryl/α,β-unsaturated/α-hetero) is 2. The predicted octanol–water partition coefficient (Wildman–Crippen LogP) is 5.57. The van der Waals surface area contributed by atoms with Gasteiger partial charge < -0.3 is 9.63 Å². The number of ketones is 2. The molecule has 1 saturated carbocycles. The van der Waals surface area contributed by atoms with Gasteiger partial charge in [-0.25, -0.2) is 0 Å². The Morgan fingerprint density at radius 2 is 1.91 bits per heavy atom. The van der Waals surface area contributed by atoms with Gasteiger partial charge in [-0.2, -0.15) is 0 Å². The van der Waals surface area contributed by atoms with Crippen LogP contribution < -0.4 is 0 Å². The van der Waals surface area contributed by atoms with Crippen molar-refractivity contribution in [2.24, 2.45) is 10.4 Å². The molecule has 4 rings (SSSR count). The molecule has 0 bridgehead atoms. The van der Waals surface area contributed by atoms with Gasteiger partial charge in [-0.05, 0) is 29.7 Å². The number of allylic oxidation sites excluding steroid dienone is 2. The molecule has 33 heavy (non-hydrogen) atoms. The topological polar surface area (TPSA) is 92.8 Å². The normalized spacial score (nSPS) is 23.0. The maximum absolute atomic E-state index is 12.9. The molecule has 1 aromatic heterocycles. The van der Waals surface area contributed by atoms with E-state index >= 15 is 0 Å². The highest BCUT2D eigenvalue weighted by molar-refractivity contribution is 6.24. The summed E-state index contributed by atoms with van der Waals surface area (Å²) in [6, 6.07) is 9.98. The van der Waals surface area contributed by atoms with Crippen LogP contribution in [0.4, 0.5) is 0 Å². The van der Waals surface area contributed by atoms with Crippen molar-refractivity contribution >= 4 is 17.3 Å². The highest BCUT2D eigenvalue weighted by atomic mass is 16.5. The smallest absolute Gasteiger partial charge is 0.168 e. The number of carbonyl (C=O) groups excluding carboxylic acids is 2. The number of hydrogen-bond donors (Lipinski definition) is 1. The van der Waals surface area contributed by atoms with Gasteiger partial charge in [0.05, 0.1) is 16.8 Å². The average Bonchev–Trinajstić information content (AvgIpc) is 3.19. The Hall–Kier alpha value is -3.02. The number of carbonyl (C=O) groups is 2. The van der Waals surface area contributed by atoms with E-state index in [1.807, 2.05) is 37.3 Å². The first kappa shape index (κ1) is 23.1. The van der Waals surface area contributed by atoms with Crippen LogP contribution in [0.2, 0.25) is 0 Å². The van der Waals surface area contributed by atoms with Crippen LogP contribution >= 0.6 is 0 Å². The van der Waals surface area contributed by atoms with Gasteiger partial charge in [-0.1, -0.05) is 56.3 Å². The molecule has 1 heterocycles. The van der Waals surface area contributed by atoms with Gasteiger partial charge in [0, 0.05) is 44.4 Å². The molecule has 1 N–H and O–H groups in total. The van der Waals surface area contributed by atoms with E-state index in [0.717, 1.165) is 12.0 Å². The summed E-state index contributed by atoms with van der Waals surface area (Å²) in [6.45, 7) is 6.77. The minimum Gasteiger partial charge on any atom is -0.511 e. The first-order chi connectivity index (χ1) is 15.8. The quantitative estimate of drug-likeness (QED) is 0.460. The summed E-state index contributed by atoms with van der Waals surface area (Å²) < 4.78 is 5.55. The zero-order valence-corrected chi connectivity index (χ0v) is 19.7. The fourth-order valence-corrected chi connectivity index (χ4v) is 4.93. The monoisotopic (exact) mass is 448 g/mol. The second kappa shape index (κ2) is 9.46. The molecular formula is C27H32N2O4. The van der Waals surface area contributed by atoms with E-state index in [0.29, 0.717) is 67.0 Å². The minimum absolute atomic E-state index is 0.0224. The van der Waals surface area contributed by atoms with Crippen LogP contribution in [0.1, 0.15) is 86.2 Å². The van der Waals surface area contributed by atoms with E-state index in [2.05, 4.69) is 24.0 Å². The second-order valence-electron chi connectivity index (χ2n) is 9.96. The molecule has 0 amide bonds. The molecular weight excluding hydrogens is 416 g/mol. The van der Waals surface area contributed by atoms with Gasteiger partial charge in [0.1, 0.15) is 11.5 Å². The number of rotatable bonds is 6. The summed E-state index contributed by atoms with van der Waals surface area (Å²) in [5, 5.41) is 15.0. The van der Waals surface area contributed by atoms with E-state index < -0.39 is 0 Å². The number of aliphatic imine (C=N–C) groups is 1. The number of aromatic nitrogens is 1. The summed E-state index contributed by atoms with van der Waals surface area (Å²) in [5.74, 6) is 0.690. The van der Waals surface area contributed by atoms with E-state index in [-0.39, 0.29) is 35.1 Å². The molecule has 6 nitrogen and oxygen atoms in total. The summed E-state index contributed by atoms with van der Waals surface area (Å²) >= 11 is 0. The molecule has 1 atom stereocenters. The molecule has 1 aromatic carbocycles. The molecule has 2 aromatic rings. The zero-order chi connectivity index (χ0) is 23.6. The highest BCUT2D eigenvalue weighted by Gasteiger charge is 2.37. The largest absolute Gasteiger partial charge is 0.511 e. The lowest BCUT2D eigenvalue weighted by molar-refractivity contribution is -0.117. The molecule has 0 saturated heterocycles. The number of hydrogen-bond acceptors (Lipinski definition) is 6. The maximum atomic E-state index is 12.9. The van der Waals surface area contributed by atoms with Crippen LogP contribution in [0.15, 0.2) is 51.2 Å². The fourth-order valence-electron chi connectivity index (χ4n) is 4.93. The Bertz CT molecular complexity index is 1110. The van der Waals surface area contributed by atoms with Crippen molar-refractivity contribution in [1.82, 2.24) is 5.16 Å². The number of fused-ring (bicyclic) bond motifs is 1. The van der Waals surface area contributed by atoms with E-state index in [4.69, 9.17) is 4.52 Å². The standard InChI is InChI=1S/C27H32N2O4/c1-4-12-28-20-15-27(2,3)16-23(32)25(20)21(30)11-10-19-26-22(31)13-18(14-24(26)33-29-19)17-8-6-5-7-9-17/h5-9,18,30H,4,10-16H2,1-3H3/b25-21+,28-20?. The first-order valence-corrected chi connectivity index (χ1v) is 11.8. The van der Waals surface area contributed by atoms with E-state index in [1.165, 1.54) is 0 Å². The highest BCUT2D eigenvalue weighted by Crippen LogP contribution is 2.37. The third kappa shape index (κ3) is 5.00. The molecule has 6 heteroatoms. The van der Waals surface area contributed by atoms with E-state index in [1.54, 1.807) is 0 Å². The summed E-state index contributed by atoms with van der Waals surface area (Å²) in [6.07, 6.45) is 3.54. The Morgan fingerprint density at radius 3 is 2.64 bits per heavy atom. The minimum atomic E-state index is -0.166. The van der Waals surface area contributed by atoms with Crippen LogP contribution in [-0.2, 0) is 17.6 Å². The maximum Gasteiger partial charge on any atom is 0.168 e. The number of aryl methyl sites for hydroxylation is 1. The molecule has 1 unspecified atom stereocenters. The molecule has 0 radical (unpaired) electrons. The summed E-state index contributed by atoms with van der Waals surface area (Å²) in [5.41, 5.74) is 3.12. The van der Waals surface area contributed by atoms with Crippen molar-refractivity contribution in [1.29, 1.82) is 0 Å². The van der Waals surface area contributed by atoms with Crippen LogP contribution in [-0.4, -0.2) is 34.1 Å². The number of aliphatic hydroxyl groups excluding tert-OH is 1. The van der Waals surface area contributed by atoms with Crippen molar-refractivity contribution in [2.75, 3.05) is 6.54 Å². The van der Waals surface area contributed by atoms with Crippen LogP contribution in [0.3, 0.4) is 0 Å². The molecule has 0 spiro atoms. The SMILES string of the molecule is CCCN=C1CC(C)(C)CC(=O)/C1=C(/O)CCc1noc2c1C(=O)CC(c1ccccc1)C2. The van der Waals surface area contributed by atoms with Crippen molar-refractivity contribution in [3.05, 3.63) is 64.2 Å². The van der Waals surface area contributed by atoms with Crippen molar-refractivity contribution in [2.45, 2.75) is 71.6 Å². The van der Waals surface area contributed by atoms with Gasteiger partial charge >= 0.3 is 0 Å². The van der Waals surface area contributed by atoms with Crippen LogP contribution in [0.5, 0.6) is 0 Å². The molecule has 174 valence electrons. The summed E-state index contributed by atoms with van der Waals surface area (Å²) in [4.78, 5) is 30.4. The van der Waals surface area contributed by atoms with E-state index in [9.17, 15) is 14.7 Å². The lowest BCUT2D eigenvalue weighted by Crippen LogP contribution is -2.33. The van der Waals surface area contributed by atoms with Gasteiger partial charge in [0.25, 0.3) is 0 Å². The van der Waals surface area contributed by atoms with Crippen LogP contribution in [0, 0.1) is 5.41 Å². The molecule has 2 aliphatic carbocycles. The average molecular weight is 449 g/mol. The Labute approximate surface area is 194 Å². The molecule has 2 aliphatic rings. The van der Waals surface area contributed by atoms with Crippen molar-refractivity contribution in [3.8, 4) is 0 Å². The van der Waals surface area contributed by atoms with Crippen LogP contribution in [0.25, 0.3) is 0 Å². The van der Waals surface area contributed by atoms with Crippen molar-refractivity contribution in [3.63, 3.8) is 0 Å². The number of benzene rings is 1. The molecule has 0 aliphatic heterocycles.